The molecule has 0 atom stereocenters. The van der Waals surface area contributed by atoms with E-state index >= 15 is 0 Å². The fraction of sp³-hybridized carbons (Fsp3) is 0.545. The van der Waals surface area contributed by atoms with Crippen LogP contribution in [-0.2, 0) is 19.7 Å². The summed E-state index contributed by atoms with van der Waals surface area (Å²) in [4.78, 5) is 4.22. The lowest BCUT2D eigenvalue weighted by molar-refractivity contribution is 0.103. The first-order valence-corrected chi connectivity index (χ1v) is 6.74. The molecule has 0 aliphatic heterocycles. The molecule has 0 aliphatic rings. The molecule has 0 aliphatic carbocycles. The molecule has 4 nitrogen and oxygen atoms in total. The zero-order chi connectivity index (χ0) is 11.6. The minimum atomic E-state index is -1.54. The third-order valence-corrected chi connectivity index (χ3v) is 3.32. The highest BCUT2D eigenvalue weighted by Gasteiger charge is 2.17. The van der Waals surface area contributed by atoms with Crippen LogP contribution in [-0.4, -0.2) is 34.3 Å². The molecule has 0 fully saturated rings. The maximum Gasteiger partial charge on any atom is 0.577 e. The van der Waals surface area contributed by atoms with Gasteiger partial charge in [0.2, 0.25) is 0 Å². The van der Waals surface area contributed by atoms with Crippen LogP contribution < -0.4 is 0 Å². The van der Waals surface area contributed by atoms with Crippen LogP contribution >= 0.6 is 0 Å². The number of hydrogen-bond donors (Lipinski definition) is 0. The van der Waals surface area contributed by atoms with Gasteiger partial charge in [-0.15, -0.1) is 0 Å². The molecule has 1 heterocycles. The van der Waals surface area contributed by atoms with Gasteiger partial charge in [-0.2, -0.15) is 0 Å². The Labute approximate surface area is 98.5 Å². The van der Waals surface area contributed by atoms with E-state index in [0.29, 0.717) is 19.8 Å². The Morgan fingerprint density at radius 2 is 1.88 bits per heavy atom. The lowest BCUT2D eigenvalue weighted by atomic mass is 10.3. The molecule has 0 aromatic carbocycles. The zero-order valence-electron chi connectivity index (χ0n) is 9.81. The molecule has 1 radical (unpaired) electrons. The predicted octanol–water partition coefficient (Wildman–Crippen LogP) is 1.70. The zero-order valence-corrected chi connectivity index (χ0v) is 10.8. The number of pyridine rings is 1. The van der Waals surface area contributed by atoms with Crippen molar-refractivity contribution in [3.63, 3.8) is 0 Å². The summed E-state index contributed by atoms with van der Waals surface area (Å²) in [6, 6.07) is 5.86. The van der Waals surface area contributed by atoms with Gasteiger partial charge in [0, 0.05) is 38.1 Å². The van der Waals surface area contributed by atoms with Gasteiger partial charge in [0.25, 0.3) is 0 Å². The summed E-state index contributed by atoms with van der Waals surface area (Å²) < 4.78 is 16.3. The summed E-state index contributed by atoms with van der Waals surface area (Å²) >= 11 is 0. The average Bonchev–Trinajstić information content (AvgIpc) is 2.31. The molecular formula is C11H18NO3Si. The smallest absolute Gasteiger partial charge is 0.371 e. The molecule has 0 saturated carbocycles. The van der Waals surface area contributed by atoms with E-state index in [1.807, 2.05) is 32.0 Å². The van der Waals surface area contributed by atoms with Crippen LogP contribution in [0.1, 0.15) is 19.5 Å². The van der Waals surface area contributed by atoms with Crippen LogP contribution in [0.2, 0.25) is 0 Å². The van der Waals surface area contributed by atoms with Crippen molar-refractivity contribution in [2.45, 2.75) is 20.3 Å². The first-order chi connectivity index (χ1) is 7.86. The van der Waals surface area contributed by atoms with E-state index in [0.717, 1.165) is 12.1 Å². The van der Waals surface area contributed by atoms with Gasteiger partial charge >= 0.3 is 9.53 Å². The number of rotatable bonds is 8. The van der Waals surface area contributed by atoms with Crippen LogP contribution in [0.3, 0.4) is 0 Å². The van der Waals surface area contributed by atoms with Crippen LogP contribution in [0.15, 0.2) is 24.4 Å². The molecule has 1 aromatic heterocycles. The Morgan fingerprint density at radius 1 is 1.12 bits per heavy atom. The van der Waals surface area contributed by atoms with E-state index in [9.17, 15) is 0 Å². The highest BCUT2D eigenvalue weighted by molar-refractivity contribution is 6.36. The van der Waals surface area contributed by atoms with Crippen molar-refractivity contribution in [3.05, 3.63) is 30.1 Å². The van der Waals surface area contributed by atoms with Crippen LogP contribution in [0, 0.1) is 0 Å². The molecule has 0 bridgehead atoms. The van der Waals surface area contributed by atoms with Gasteiger partial charge < -0.3 is 13.3 Å². The molecule has 1 aromatic rings. The van der Waals surface area contributed by atoms with Crippen molar-refractivity contribution >= 4 is 9.53 Å². The minimum absolute atomic E-state index is 0.589. The molecule has 0 saturated heterocycles. The molecule has 5 heteroatoms. The SMILES string of the molecule is CCO[Si](OCC)OCCc1ccccn1. The number of hydrogen-bond acceptors (Lipinski definition) is 4. The van der Waals surface area contributed by atoms with Crippen LogP contribution in [0.25, 0.3) is 0 Å². The van der Waals surface area contributed by atoms with E-state index in [2.05, 4.69) is 4.98 Å². The normalized spacial score (nSPS) is 10.9. The van der Waals surface area contributed by atoms with Gasteiger partial charge in [0.05, 0.1) is 0 Å². The third-order valence-electron chi connectivity index (χ3n) is 1.83. The Hall–Kier alpha value is -0.753. The molecule has 16 heavy (non-hydrogen) atoms. The first kappa shape index (κ1) is 13.3. The summed E-state index contributed by atoms with van der Waals surface area (Å²) in [5, 5.41) is 0. The second-order valence-corrected chi connectivity index (χ2v) is 4.40. The van der Waals surface area contributed by atoms with Gasteiger partial charge in [-0.1, -0.05) is 6.07 Å². The maximum atomic E-state index is 5.54. The van der Waals surface area contributed by atoms with Crippen LogP contribution in [0.4, 0.5) is 0 Å². The van der Waals surface area contributed by atoms with Crippen LogP contribution in [0.5, 0.6) is 0 Å². The van der Waals surface area contributed by atoms with Gasteiger partial charge in [-0.25, -0.2) is 0 Å². The standard InChI is InChI=1S/C11H18NO3Si/c1-3-13-16(14-4-2)15-10-8-11-7-5-6-9-12-11/h5-7,9H,3-4,8,10H2,1-2H3. The topological polar surface area (TPSA) is 40.6 Å². The fourth-order valence-electron chi connectivity index (χ4n) is 1.15. The first-order valence-electron chi connectivity index (χ1n) is 5.52. The van der Waals surface area contributed by atoms with E-state index in [4.69, 9.17) is 13.3 Å². The van der Waals surface area contributed by atoms with Gasteiger partial charge in [0.1, 0.15) is 0 Å². The van der Waals surface area contributed by atoms with Gasteiger partial charge in [-0.3, -0.25) is 4.98 Å². The van der Waals surface area contributed by atoms with E-state index < -0.39 is 9.53 Å². The Kier molecular flexibility index (Phi) is 6.99. The summed E-state index contributed by atoms with van der Waals surface area (Å²) in [6.07, 6.45) is 2.57. The molecule has 0 amide bonds. The van der Waals surface area contributed by atoms with E-state index in [-0.39, 0.29) is 0 Å². The molecular weight excluding hydrogens is 222 g/mol. The minimum Gasteiger partial charge on any atom is -0.371 e. The maximum absolute atomic E-state index is 5.54. The third kappa shape index (κ3) is 5.36. The number of nitrogens with zero attached hydrogens (tertiary/aromatic N) is 1. The van der Waals surface area contributed by atoms with Crippen molar-refractivity contribution in [2.75, 3.05) is 19.8 Å². The van der Waals surface area contributed by atoms with Crippen molar-refractivity contribution in [3.8, 4) is 0 Å². The summed E-state index contributed by atoms with van der Waals surface area (Å²) in [5.41, 5.74) is 1.02. The van der Waals surface area contributed by atoms with E-state index in [1.165, 1.54) is 0 Å². The molecule has 89 valence electrons. The second-order valence-electron chi connectivity index (χ2n) is 3.04. The lowest BCUT2D eigenvalue weighted by Gasteiger charge is -2.12. The number of aromatic nitrogens is 1. The van der Waals surface area contributed by atoms with Crippen molar-refractivity contribution in [2.24, 2.45) is 0 Å². The molecule has 1 rings (SSSR count). The Morgan fingerprint density at radius 3 is 2.44 bits per heavy atom. The molecule has 0 N–H and O–H groups in total. The summed E-state index contributed by atoms with van der Waals surface area (Å²) in [5.74, 6) is 0. The molecule has 0 spiro atoms. The van der Waals surface area contributed by atoms with Gasteiger partial charge in [-0.05, 0) is 26.0 Å². The van der Waals surface area contributed by atoms with Crippen molar-refractivity contribution in [1.29, 1.82) is 0 Å². The summed E-state index contributed by atoms with van der Waals surface area (Å²) in [6.45, 7) is 5.71. The second kappa shape index (κ2) is 8.40. The fourth-order valence-corrected chi connectivity index (χ4v) is 2.14. The Bertz CT molecular complexity index is 265. The van der Waals surface area contributed by atoms with E-state index in [1.54, 1.807) is 6.20 Å². The highest BCUT2D eigenvalue weighted by Crippen LogP contribution is 1.98. The van der Waals surface area contributed by atoms with Crippen molar-refractivity contribution in [1.82, 2.24) is 4.98 Å². The van der Waals surface area contributed by atoms with Gasteiger partial charge in [0.15, 0.2) is 0 Å². The lowest BCUT2D eigenvalue weighted by Crippen LogP contribution is -2.28. The Balaban J connectivity index is 2.22. The predicted molar refractivity (Wildman–Crippen MR) is 62.9 cm³/mol. The summed E-state index contributed by atoms with van der Waals surface area (Å²) in [7, 11) is -1.54. The highest BCUT2D eigenvalue weighted by atomic mass is 28.3. The molecule has 0 unspecified atom stereocenters. The largest absolute Gasteiger partial charge is 0.577 e. The monoisotopic (exact) mass is 240 g/mol. The van der Waals surface area contributed by atoms with Crippen molar-refractivity contribution < 1.29 is 13.3 Å². The average molecular weight is 240 g/mol. The quantitative estimate of drug-likeness (QED) is 0.648.